The van der Waals surface area contributed by atoms with Gasteiger partial charge in [-0.1, -0.05) is 12.1 Å². The molecule has 1 spiro atoms. The highest BCUT2D eigenvalue weighted by atomic mass is 16.5. The Bertz CT molecular complexity index is 770. The molecule has 144 valence electrons. The van der Waals surface area contributed by atoms with Gasteiger partial charge >= 0.3 is 0 Å². The lowest BCUT2D eigenvalue weighted by molar-refractivity contribution is -0.128. The highest BCUT2D eigenvalue weighted by Gasteiger charge is 2.41. The second-order valence-electron chi connectivity index (χ2n) is 7.92. The van der Waals surface area contributed by atoms with Crippen LogP contribution >= 0.6 is 0 Å². The maximum absolute atomic E-state index is 12.5. The fourth-order valence-electron chi connectivity index (χ4n) is 4.27. The summed E-state index contributed by atoms with van der Waals surface area (Å²) >= 11 is 0. The number of amides is 3. The summed E-state index contributed by atoms with van der Waals surface area (Å²) in [4.78, 5) is 38.0. The number of likely N-dealkylation sites (tertiary alicyclic amines) is 1. The molecule has 0 radical (unpaired) electrons. The minimum absolute atomic E-state index is 0.0269. The Morgan fingerprint density at radius 3 is 2.70 bits per heavy atom. The van der Waals surface area contributed by atoms with Crippen LogP contribution in [0.3, 0.4) is 0 Å². The molecule has 1 atom stereocenters. The van der Waals surface area contributed by atoms with Crippen molar-refractivity contribution in [3.8, 4) is 5.75 Å². The van der Waals surface area contributed by atoms with E-state index < -0.39 is 5.60 Å². The van der Waals surface area contributed by atoms with Gasteiger partial charge in [0.15, 0.2) is 0 Å². The van der Waals surface area contributed by atoms with Crippen LogP contribution in [0.25, 0.3) is 0 Å². The third kappa shape index (κ3) is 3.50. The van der Waals surface area contributed by atoms with E-state index in [0.29, 0.717) is 30.8 Å². The van der Waals surface area contributed by atoms with Crippen molar-refractivity contribution in [3.63, 3.8) is 0 Å². The molecular formula is C20H25N3O4. The second kappa shape index (κ2) is 6.87. The van der Waals surface area contributed by atoms with Crippen molar-refractivity contribution < 1.29 is 19.1 Å². The Kier molecular flexibility index (Phi) is 4.53. The number of fused-ring (bicyclic) bond motifs is 1. The average Bonchev–Trinajstić information content (AvgIpc) is 2.94. The van der Waals surface area contributed by atoms with E-state index in [-0.39, 0.29) is 29.7 Å². The molecular weight excluding hydrogens is 346 g/mol. The number of carbonyl (C=O) groups is 3. The van der Waals surface area contributed by atoms with E-state index in [9.17, 15) is 14.4 Å². The summed E-state index contributed by atoms with van der Waals surface area (Å²) in [6, 6.07) is 7.40. The van der Waals surface area contributed by atoms with Crippen molar-refractivity contribution in [1.82, 2.24) is 15.5 Å². The topological polar surface area (TPSA) is 87.7 Å². The van der Waals surface area contributed by atoms with Crippen molar-refractivity contribution in [3.05, 3.63) is 29.8 Å². The highest BCUT2D eigenvalue weighted by molar-refractivity contribution is 5.97. The number of carbonyl (C=O) groups excluding carboxylic acids is 3. The summed E-state index contributed by atoms with van der Waals surface area (Å²) in [6.45, 7) is 0.969. The number of nitrogens with zero attached hydrogens (tertiary/aromatic N) is 1. The van der Waals surface area contributed by atoms with Crippen LogP contribution in [0.15, 0.2) is 24.3 Å². The zero-order valence-corrected chi connectivity index (χ0v) is 15.5. The van der Waals surface area contributed by atoms with E-state index in [0.717, 1.165) is 25.7 Å². The molecule has 1 saturated carbocycles. The maximum Gasteiger partial charge on any atom is 0.255 e. The van der Waals surface area contributed by atoms with Crippen molar-refractivity contribution in [2.24, 2.45) is 5.92 Å². The standard InChI is InChI=1S/C20H25N3O4/c1-23-11-13(10-17(23)24)18(25)22-14-6-8-20(9-7-14)12-21-19(26)15-4-2-3-5-16(15)27-20/h2-5,13-14H,6-12H2,1H3,(H,21,26)(H,22,25)/t13-,14?,20?/m0/s1. The minimum atomic E-state index is -0.424. The normalized spacial score (nSPS) is 30.3. The minimum Gasteiger partial charge on any atom is -0.485 e. The number of ether oxygens (including phenoxy) is 1. The van der Waals surface area contributed by atoms with Gasteiger partial charge in [0.25, 0.3) is 5.91 Å². The van der Waals surface area contributed by atoms with E-state index in [1.165, 1.54) is 0 Å². The molecule has 2 fully saturated rings. The van der Waals surface area contributed by atoms with Crippen LogP contribution in [-0.4, -0.2) is 54.4 Å². The van der Waals surface area contributed by atoms with Gasteiger partial charge in [-0.2, -0.15) is 0 Å². The molecule has 1 aromatic rings. The molecule has 3 amide bonds. The third-order valence-corrected chi connectivity index (χ3v) is 5.98. The number of rotatable bonds is 2. The van der Waals surface area contributed by atoms with Gasteiger partial charge in [0.05, 0.1) is 18.0 Å². The number of hydrogen-bond acceptors (Lipinski definition) is 4. The largest absolute Gasteiger partial charge is 0.485 e. The molecule has 3 aliphatic rings. The molecule has 1 saturated heterocycles. The zero-order chi connectivity index (χ0) is 19.0. The third-order valence-electron chi connectivity index (χ3n) is 5.98. The number of benzene rings is 1. The Morgan fingerprint density at radius 1 is 1.26 bits per heavy atom. The first-order valence-corrected chi connectivity index (χ1v) is 9.56. The fourth-order valence-corrected chi connectivity index (χ4v) is 4.27. The van der Waals surface area contributed by atoms with Gasteiger partial charge in [0.2, 0.25) is 11.8 Å². The Hall–Kier alpha value is -2.57. The Balaban J connectivity index is 1.37. The first kappa shape index (κ1) is 17.8. The highest BCUT2D eigenvalue weighted by Crippen LogP contribution is 2.36. The van der Waals surface area contributed by atoms with Crippen molar-refractivity contribution in [2.45, 2.75) is 43.7 Å². The molecule has 4 rings (SSSR count). The van der Waals surface area contributed by atoms with Crippen LogP contribution in [0.4, 0.5) is 0 Å². The van der Waals surface area contributed by atoms with Gasteiger partial charge in [-0.25, -0.2) is 0 Å². The summed E-state index contributed by atoms with van der Waals surface area (Å²) in [5.74, 6) is 0.266. The molecule has 7 heteroatoms. The van der Waals surface area contributed by atoms with Crippen molar-refractivity contribution in [1.29, 1.82) is 0 Å². The van der Waals surface area contributed by atoms with Crippen LogP contribution in [0.1, 0.15) is 42.5 Å². The van der Waals surface area contributed by atoms with Gasteiger partial charge in [-0.05, 0) is 37.8 Å². The van der Waals surface area contributed by atoms with Crippen LogP contribution in [0.5, 0.6) is 5.75 Å². The van der Waals surface area contributed by atoms with Gasteiger partial charge in [0, 0.05) is 26.1 Å². The average molecular weight is 371 g/mol. The van der Waals surface area contributed by atoms with Gasteiger partial charge in [0.1, 0.15) is 11.4 Å². The Morgan fingerprint density at radius 2 is 2.00 bits per heavy atom. The summed E-state index contributed by atoms with van der Waals surface area (Å²) < 4.78 is 6.29. The number of nitrogens with one attached hydrogen (secondary N) is 2. The van der Waals surface area contributed by atoms with Crippen LogP contribution in [-0.2, 0) is 9.59 Å². The van der Waals surface area contributed by atoms with E-state index in [1.807, 2.05) is 18.2 Å². The quantitative estimate of drug-likeness (QED) is 0.815. The monoisotopic (exact) mass is 371 g/mol. The summed E-state index contributed by atoms with van der Waals surface area (Å²) in [5, 5.41) is 6.08. The molecule has 0 aromatic heterocycles. The molecule has 27 heavy (non-hydrogen) atoms. The molecule has 2 N–H and O–H groups in total. The van der Waals surface area contributed by atoms with Crippen LogP contribution < -0.4 is 15.4 Å². The lowest BCUT2D eigenvalue weighted by Gasteiger charge is -2.39. The molecule has 1 aromatic carbocycles. The van der Waals surface area contributed by atoms with E-state index in [1.54, 1.807) is 18.0 Å². The van der Waals surface area contributed by atoms with Crippen molar-refractivity contribution in [2.75, 3.05) is 20.1 Å². The second-order valence-corrected chi connectivity index (χ2v) is 7.92. The molecule has 7 nitrogen and oxygen atoms in total. The molecule has 2 heterocycles. The summed E-state index contributed by atoms with van der Waals surface area (Å²) in [7, 11) is 1.73. The lowest BCUT2D eigenvalue weighted by Crippen LogP contribution is -2.51. The molecule has 0 bridgehead atoms. The Labute approximate surface area is 158 Å². The smallest absolute Gasteiger partial charge is 0.255 e. The zero-order valence-electron chi connectivity index (χ0n) is 15.5. The molecule has 0 unspecified atom stereocenters. The fraction of sp³-hybridized carbons (Fsp3) is 0.550. The first-order chi connectivity index (χ1) is 13.0. The number of para-hydroxylation sites is 1. The molecule has 2 aliphatic heterocycles. The van der Waals surface area contributed by atoms with Crippen molar-refractivity contribution >= 4 is 17.7 Å². The van der Waals surface area contributed by atoms with Crippen LogP contribution in [0.2, 0.25) is 0 Å². The molecule has 1 aliphatic carbocycles. The maximum atomic E-state index is 12.5. The predicted octanol–water partition coefficient (Wildman–Crippen LogP) is 1.08. The van der Waals surface area contributed by atoms with Gasteiger partial charge in [-0.3, -0.25) is 14.4 Å². The SMILES string of the molecule is CN1C[C@@H](C(=O)NC2CCC3(CC2)CNC(=O)c2ccccc2O3)CC1=O. The van der Waals surface area contributed by atoms with Gasteiger partial charge in [-0.15, -0.1) is 0 Å². The summed E-state index contributed by atoms with van der Waals surface area (Å²) in [6.07, 6.45) is 3.40. The van der Waals surface area contributed by atoms with Crippen LogP contribution in [0, 0.1) is 5.92 Å². The lowest BCUT2D eigenvalue weighted by atomic mass is 9.81. The number of hydrogen-bond donors (Lipinski definition) is 2. The van der Waals surface area contributed by atoms with E-state index >= 15 is 0 Å². The summed E-state index contributed by atoms with van der Waals surface area (Å²) in [5.41, 5.74) is 0.146. The van der Waals surface area contributed by atoms with Gasteiger partial charge < -0.3 is 20.3 Å². The predicted molar refractivity (Wildman–Crippen MR) is 98.3 cm³/mol. The first-order valence-electron chi connectivity index (χ1n) is 9.56. The van der Waals surface area contributed by atoms with E-state index in [4.69, 9.17) is 4.74 Å². The van der Waals surface area contributed by atoms with E-state index in [2.05, 4.69) is 10.6 Å².